The zero-order valence-electron chi connectivity index (χ0n) is 16.1. The summed E-state index contributed by atoms with van der Waals surface area (Å²) in [6.45, 7) is 4.42. The molecule has 0 heterocycles. The summed E-state index contributed by atoms with van der Waals surface area (Å²) in [5.41, 5.74) is 4.56. The fraction of sp³-hybridized carbons (Fsp3) is 0.174. The molecule has 0 aliphatic carbocycles. The van der Waals surface area contributed by atoms with Gasteiger partial charge in [0.25, 0.3) is 5.91 Å². The number of carbonyl (C=O) groups is 1. The van der Waals surface area contributed by atoms with Crippen LogP contribution in [0, 0.1) is 17.4 Å². The van der Waals surface area contributed by atoms with E-state index in [1.807, 2.05) is 62.4 Å². The average Bonchev–Trinajstić information content (AvgIpc) is 2.70. The quantitative estimate of drug-likeness (QED) is 0.451. The van der Waals surface area contributed by atoms with Crippen molar-refractivity contribution in [3.05, 3.63) is 86.5 Å². The molecule has 3 aromatic carbocycles. The first kappa shape index (κ1) is 20.2. The fourth-order valence-corrected chi connectivity index (χ4v) is 3.64. The average molecular weight is 487 g/mol. The molecule has 5 heteroatoms. The van der Waals surface area contributed by atoms with Gasteiger partial charge in [-0.2, -0.15) is 0 Å². The molecule has 0 aliphatic rings. The lowest BCUT2D eigenvalue weighted by Crippen LogP contribution is -2.14. The number of amides is 1. The maximum atomic E-state index is 12.8. The van der Waals surface area contributed by atoms with E-state index in [1.54, 1.807) is 19.2 Å². The molecule has 3 aromatic rings. The second-order valence-electron chi connectivity index (χ2n) is 6.47. The number of methoxy groups -OCH3 is 1. The van der Waals surface area contributed by atoms with Gasteiger partial charge in [-0.05, 0) is 71.3 Å². The van der Waals surface area contributed by atoms with E-state index >= 15 is 0 Å². The van der Waals surface area contributed by atoms with Gasteiger partial charge in [-0.25, -0.2) is 0 Å². The van der Waals surface area contributed by atoms with E-state index in [4.69, 9.17) is 9.47 Å². The molecule has 0 aliphatic heterocycles. The van der Waals surface area contributed by atoms with Crippen LogP contribution in [0.15, 0.2) is 60.7 Å². The standard InChI is InChI=1S/C23H22INO3/c1-15-8-7-11-20(16(15)2)25-23(26)18-12-19(24)22(27-3)21(13-18)28-14-17-9-5-4-6-10-17/h4-13H,14H2,1-3H3,(H,25,26). The molecular weight excluding hydrogens is 465 g/mol. The lowest BCUT2D eigenvalue weighted by atomic mass is 10.1. The highest BCUT2D eigenvalue weighted by Gasteiger charge is 2.16. The molecule has 0 spiro atoms. The third-order valence-corrected chi connectivity index (χ3v) is 5.37. The molecule has 1 amide bonds. The van der Waals surface area contributed by atoms with Crippen molar-refractivity contribution >= 4 is 34.2 Å². The lowest BCUT2D eigenvalue weighted by molar-refractivity contribution is 0.102. The molecule has 0 saturated heterocycles. The van der Waals surface area contributed by atoms with Crippen molar-refractivity contribution in [1.29, 1.82) is 0 Å². The van der Waals surface area contributed by atoms with Gasteiger partial charge >= 0.3 is 0 Å². The number of carbonyl (C=O) groups excluding carboxylic acids is 1. The van der Waals surface area contributed by atoms with E-state index < -0.39 is 0 Å². The molecule has 0 saturated carbocycles. The lowest BCUT2D eigenvalue weighted by Gasteiger charge is -2.15. The minimum Gasteiger partial charge on any atom is -0.492 e. The third-order valence-electron chi connectivity index (χ3n) is 4.57. The molecule has 0 aromatic heterocycles. The molecular formula is C23H22INO3. The molecule has 0 unspecified atom stereocenters. The smallest absolute Gasteiger partial charge is 0.255 e. The second-order valence-corrected chi connectivity index (χ2v) is 7.63. The van der Waals surface area contributed by atoms with Gasteiger partial charge < -0.3 is 14.8 Å². The highest BCUT2D eigenvalue weighted by molar-refractivity contribution is 14.1. The van der Waals surface area contributed by atoms with Crippen molar-refractivity contribution in [2.24, 2.45) is 0 Å². The van der Waals surface area contributed by atoms with Crippen LogP contribution in [0.3, 0.4) is 0 Å². The SMILES string of the molecule is COc1c(I)cc(C(=O)Nc2cccc(C)c2C)cc1OCc1ccccc1. The predicted molar refractivity (Wildman–Crippen MR) is 120 cm³/mol. The Morgan fingerprint density at radius 1 is 1.04 bits per heavy atom. The van der Waals surface area contributed by atoms with Crippen molar-refractivity contribution in [3.8, 4) is 11.5 Å². The van der Waals surface area contributed by atoms with Gasteiger partial charge in [0.1, 0.15) is 6.61 Å². The fourth-order valence-electron chi connectivity index (χ4n) is 2.82. The van der Waals surface area contributed by atoms with Gasteiger partial charge in [-0.1, -0.05) is 42.5 Å². The van der Waals surface area contributed by atoms with E-state index in [2.05, 4.69) is 27.9 Å². The summed E-state index contributed by atoms with van der Waals surface area (Å²) >= 11 is 2.16. The number of rotatable bonds is 6. The summed E-state index contributed by atoms with van der Waals surface area (Å²) in [4.78, 5) is 12.8. The van der Waals surface area contributed by atoms with Crippen molar-refractivity contribution in [2.75, 3.05) is 12.4 Å². The maximum absolute atomic E-state index is 12.8. The van der Waals surface area contributed by atoms with Gasteiger partial charge in [-0.3, -0.25) is 4.79 Å². The number of halogens is 1. The largest absolute Gasteiger partial charge is 0.492 e. The van der Waals surface area contributed by atoms with Crippen LogP contribution < -0.4 is 14.8 Å². The van der Waals surface area contributed by atoms with Crippen LogP contribution in [-0.4, -0.2) is 13.0 Å². The van der Waals surface area contributed by atoms with Gasteiger partial charge in [0.05, 0.1) is 10.7 Å². The van der Waals surface area contributed by atoms with Crippen LogP contribution in [-0.2, 0) is 6.61 Å². The van der Waals surface area contributed by atoms with Crippen LogP contribution >= 0.6 is 22.6 Å². The first-order chi connectivity index (χ1) is 13.5. The van der Waals surface area contributed by atoms with Gasteiger partial charge in [0.15, 0.2) is 11.5 Å². The second kappa shape index (κ2) is 9.10. The van der Waals surface area contributed by atoms with Crippen molar-refractivity contribution in [2.45, 2.75) is 20.5 Å². The predicted octanol–water partition coefficient (Wildman–Crippen LogP) is 5.75. The molecule has 144 valence electrons. The molecule has 1 N–H and O–H groups in total. The highest BCUT2D eigenvalue weighted by atomic mass is 127. The molecule has 3 rings (SSSR count). The first-order valence-electron chi connectivity index (χ1n) is 8.91. The van der Waals surface area contributed by atoms with Crippen LogP contribution in [0.2, 0.25) is 0 Å². The summed E-state index contributed by atoms with van der Waals surface area (Å²) < 4.78 is 12.3. The monoisotopic (exact) mass is 487 g/mol. The Balaban J connectivity index is 1.85. The topological polar surface area (TPSA) is 47.6 Å². The summed E-state index contributed by atoms with van der Waals surface area (Å²) in [6.07, 6.45) is 0. The van der Waals surface area contributed by atoms with Crippen LogP contribution in [0.4, 0.5) is 5.69 Å². The van der Waals surface area contributed by atoms with E-state index in [1.165, 1.54) is 0 Å². The Kier molecular flexibility index (Phi) is 6.57. The van der Waals surface area contributed by atoms with E-state index in [0.29, 0.717) is 23.7 Å². The maximum Gasteiger partial charge on any atom is 0.255 e. The van der Waals surface area contributed by atoms with Gasteiger partial charge in [-0.15, -0.1) is 0 Å². The van der Waals surface area contributed by atoms with Crippen molar-refractivity contribution in [3.63, 3.8) is 0 Å². The number of anilines is 1. The minimum absolute atomic E-state index is 0.182. The number of hydrogen-bond acceptors (Lipinski definition) is 3. The van der Waals surface area contributed by atoms with E-state index in [0.717, 1.165) is 25.9 Å². The summed E-state index contributed by atoms with van der Waals surface area (Å²) in [5, 5.41) is 2.99. The summed E-state index contributed by atoms with van der Waals surface area (Å²) in [6, 6.07) is 19.3. The van der Waals surface area contributed by atoms with Crippen LogP contribution in [0.5, 0.6) is 11.5 Å². The zero-order valence-corrected chi connectivity index (χ0v) is 18.2. The van der Waals surface area contributed by atoms with Gasteiger partial charge in [0, 0.05) is 11.3 Å². The third kappa shape index (κ3) is 4.65. The van der Waals surface area contributed by atoms with E-state index in [9.17, 15) is 4.79 Å². The van der Waals surface area contributed by atoms with Crippen LogP contribution in [0.1, 0.15) is 27.0 Å². The Morgan fingerprint density at radius 2 is 1.79 bits per heavy atom. The van der Waals surface area contributed by atoms with Crippen LogP contribution in [0.25, 0.3) is 0 Å². The zero-order chi connectivity index (χ0) is 20.1. The molecule has 0 radical (unpaired) electrons. The Morgan fingerprint density at radius 3 is 2.50 bits per heavy atom. The number of hydrogen-bond donors (Lipinski definition) is 1. The first-order valence-corrected chi connectivity index (χ1v) is 9.99. The number of nitrogens with one attached hydrogen (secondary N) is 1. The number of ether oxygens (including phenoxy) is 2. The van der Waals surface area contributed by atoms with Gasteiger partial charge in [0.2, 0.25) is 0 Å². The Labute approximate surface area is 179 Å². The number of benzene rings is 3. The molecule has 28 heavy (non-hydrogen) atoms. The molecule has 0 atom stereocenters. The Hall–Kier alpha value is -2.54. The molecule has 4 nitrogen and oxygen atoms in total. The van der Waals surface area contributed by atoms with Crippen molar-refractivity contribution < 1.29 is 14.3 Å². The number of aryl methyl sites for hydroxylation is 1. The Bertz CT molecular complexity index is 987. The minimum atomic E-state index is -0.182. The van der Waals surface area contributed by atoms with E-state index in [-0.39, 0.29) is 5.91 Å². The summed E-state index contributed by atoms with van der Waals surface area (Å²) in [5.74, 6) is 0.989. The molecule has 0 fully saturated rings. The highest BCUT2D eigenvalue weighted by Crippen LogP contribution is 2.34. The van der Waals surface area contributed by atoms with Crippen molar-refractivity contribution in [1.82, 2.24) is 0 Å². The summed E-state index contributed by atoms with van der Waals surface area (Å²) in [7, 11) is 1.60. The normalized spacial score (nSPS) is 10.4. The molecule has 0 bridgehead atoms.